The summed E-state index contributed by atoms with van der Waals surface area (Å²) in [4.78, 5) is 27.6. The van der Waals surface area contributed by atoms with E-state index in [-0.39, 0.29) is 5.97 Å². The second kappa shape index (κ2) is 9.84. The number of hydrogen-bond donors (Lipinski definition) is 0. The Kier molecular flexibility index (Phi) is 6.51. The van der Waals surface area contributed by atoms with Crippen molar-refractivity contribution in [3.63, 3.8) is 0 Å². The van der Waals surface area contributed by atoms with Crippen molar-refractivity contribution < 1.29 is 14.3 Å². The van der Waals surface area contributed by atoms with Gasteiger partial charge in [-0.1, -0.05) is 42.5 Å². The van der Waals surface area contributed by atoms with E-state index in [0.717, 1.165) is 34.5 Å². The van der Waals surface area contributed by atoms with Crippen molar-refractivity contribution in [3.05, 3.63) is 102 Å². The lowest BCUT2D eigenvalue weighted by molar-refractivity contribution is -0.140. The number of methoxy groups -OCH3 is 1. The Balaban J connectivity index is 1.71. The van der Waals surface area contributed by atoms with Gasteiger partial charge in [-0.25, -0.2) is 0 Å². The van der Waals surface area contributed by atoms with E-state index in [9.17, 15) is 9.59 Å². The summed E-state index contributed by atoms with van der Waals surface area (Å²) in [5, 5.41) is 9.11. The maximum absolute atomic E-state index is 12.3. The second-order valence-corrected chi connectivity index (χ2v) is 7.61. The maximum atomic E-state index is 12.3. The van der Waals surface area contributed by atoms with Crippen molar-refractivity contribution >= 4 is 29.3 Å². The number of benzene rings is 3. The SMILES string of the molecule is COC(=O)CCc1ccc(C2=CN(c3ccc(C#N)cc3)C(C=O)N2c2ccccc2)cc1. The van der Waals surface area contributed by atoms with E-state index in [1.165, 1.54) is 7.11 Å². The molecule has 164 valence electrons. The minimum absolute atomic E-state index is 0.236. The standard InChI is InChI=1S/C27H23N3O3/c1-33-27(32)16-11-20-7-12-22(13-8-20)25-18-29(23-14-9-21(17-28)10-15-23)26(19-31)30(25)24-5-3-2-4-6-24/h2-10,12-15,18-19,26H,11,16H2,1H3. The molecule has 6 heteroatoms. The van der Waals surface area contributed by atoms with Crippen molar-refractivity contribution in [1.29, 1.82) is 5.26 Å². The zero-order valence-corrected chi connectivity index (χ0v) is 18.2. The van der Waals surface area contributed by atoms with Crippen LogP contribution in [-0.2, 0) is 20.7 Å². The van der Waals surface area contributed by atoms with E-state index in [4.69, 9.17) is 10.00 Å². The minimum atomic E-state index is -0.575. The van der Waals surface area contributed by atoms with E-state index in [1.807, 2.05) is 82.7 Å². The van der Waals surface area contributed by atoms with Crippen LogP contribution in [0.3, 0.4) is 0 Å². The lowest BCUT2D eigenvalue weighted by Gasteiger charge is -2.30. The van der Waals surface area contributed by atoms with Crippen molar-refractivity contribution in [2.45, 2.75) is 19.0 Å². The first-order valence-electron chi connectivity index (χ1n) is 10.6. The second-order valence-electron chi connectivity index (χ2n) is 7.61. The van der Waals surface area contributed by atoms with E-state index in [1.54, 1.807) is 12.1 Å². The summed E-state index contributed by atoms with van der Waals surface area (Å²) in [6, 6.07) is 27.0. The fourth-order valence-corrected chi connectivity index (χ4v) is 3.88. The molecule has 1 atom stereocenters. The quantitative estimate of drug-likeness (QED) is 0.400. The van der Waals surface area contributed by atoms with Crippen LogP contribution in [0.5, 0.6) is 0 Å². The number of nitrogens with zero attached hydrogens (tertiary/aromatic N) is 3. The van der Waals surface area contributed by atoms with E-state index in [2.05, 4.69) is 6.07 Å². The smallest absolute Gasteiger partial charge is 0.305 e. The lowest BCUT2D eigenvalue weighted by atomic mass is 10.0. The number of anilines is 2. The summed E-state index contributed by atoms with van der Waals surface area (Å²) < 4.78 is 4.72. The fourth-order valence-electron chi connectivity index (χ4n) is 3.88. The van der Waals surface area contributed by atoms with Gasteiger partial charge in [0.15, 0.2) is 12.5 Å². The van der Waals surface area contributed by atoms with Gasteiger partial charge in [-0.2, -0.15) is 5.26 Å². The molecule has 1 heterocycles. The summed E-state index contributed by atoms with van der Waals surface area (Å²) in [5.41, 5.74) is 5.13. The molecular formula is C27H23N3O3. The van der Waals surface area contributed by atoms with Gasteiger partial charge in [0.25, 0.3) is 0 Å². The van der Waals surface area contributed by atoms with Crippen molar-refractivity contribution in [1.82, 2.24) is 0 Å². The van der Waals surface area contributed by atoms with Crippen molar-refractivity contribution in [3.8, 4) is 6.07 Å². The Labute approximate surface area is 192 Å². The molecule has 0 bridgehead atoms. The Morgan fingerprint density at radius 3 is 2.30 bits per heavy atom. The number of hydrogen-bond acceptors (Lipinski definition) is 6. The van der Waals surface area contributed by atoms with Crippen LogP contribution in [0.15, 0.2) is 85.1 Å². The molecule has 0 spiro atoms. The summed E-state index contributed by atoms with van der Waals surface area (Å²) in [5.74, 6) is -0.236. The van der Waals surface area contributed by atoms with Gasteiger partial charge in [0.2, 0.25) is 0 Å². The predicted octanol–water partition coefficient (Wildman–Crippen LogP) is 4.51. The Morgan fingerprint density at radius 1 is 1.00 bits per heavy atom. The van der Waals surface area contributed by atoms with Crippen molar-refractivity contribution in [2.75, 3.05) is 16.9 Å². The molecule has 6 nitrogen and oxygen atoms in total. The molecule has 0 N–H and O–H groups in total. The molecule has 4 rings (SSSR count). The van der Waals surface area contributed by atoms with Crippen LogP contribution in [0.25, 0.3) is 5.70 Å². The molecule has 0 radical (unpaired) electrons. The Bertz CT molecular complexity index is 1200. The number of para-hydroxylation sites is 1. The molecule has 1 unspecified atom stereocenters. The molecule has 3 aromatic rings. The number of aryl methyl sites for hydroxylation is 1. The number of carbonyl (C=O) groups excluding carboxylic acids is 2. The molecule has 0 amide bonds. The summed E-state index contributed by atoms with van der Waals surface area (Å²) in [7, 11) is 1.39. The Morgan fingerprint density at radius 2 is 1.70 bits per heavy atom. The highest BCUT2D eigenvalue weighted by Crippen LogP contribution is 2.37. The van der Waals surface area contributed by atoms with Gasteiger partial charge in [0.1, 0.15) is 0 Å². The van der Waals surface area contributed by atoms with Crippen LogP contribution >= 0.6 is 0 Å². The number of ether oxygens (including phenoxy) is 1. The Hall–Kier alpha value is -4.37. The third kappa shape index (κ3) is 4.63. The molecule has 1 aliphatic rings. The maximum Gasteiger partial charge on any atom is 0.305 e. The first kappa shape index (κ1) is 21.8. The normalized spacial score (nSPS) is 15.0. The van der Waals surface area contributed by atoms with Gasteiger partial charge in [0, 0.05) is 24.0 Å². The van der Waals surface area contributed by atoms with Gasteiger partial charge in [0.05, 0.1) is 24.4 Å². The highest BCUT2D eigenvalue weighted by molar-refractivity contribution is 5.92. The largest absolute Gasteiger partial charge is 0.469 e. The van der Waals surface area contributed by atoms with Gasteiger partial charge < -0.3 is 14.5 Å². The third-order valence-corrected chi connectivity index (χ3v) is 5.62. The van der Waals surface area contributed by atoms with Crippen LogP contribution in [0.4, 0.5) is 11.4 Å². The number of aldehydes is 1. The third-order valence-electron chi connectivity index (χ3n) is 5.62. The van der Waals surface area contributed by atoms with Crippen LogP contribution in [0.2, 0.25) is 0 Å². The lowest BCUT2D eigenvalue weighted by Crippen LogP contribution is -2.41. The molecule has 0 saturated heterocycles. The van der Waals surface area contributed by atoms with Gasteiger partial charge in [-0.15, -0.1) is 0 Å². The fraction of sp³-hybridized carbons (Fsp3) is 0.148. The molecular weight excluding hydrogens is 414 g/mol. The molecule has 0 fully saturated rings. The van der Waals surface area contributed by atoms with Crippen LogP contribution in [0.1, 0.15) is 23.1 Å². The van der Waals surface area contributed by atoms with Crippen LogP contribution < -0.4 is 9.80 Å². The molecule has 1 aliphatic heterocycles. The predicted molar refractivity (Wildman–Crippen MR) is 127 cm³/mol. The zero-order valence-electron chi connectivity index (χ0n) is 18.2. The number of nitriles is 1. The average molecular weight is 437 g/mol. The zero-order chi connectivity index (χ0) is 23.2. The monoisotopic (exact) mass is 437 g/mol. The first-order chi connectivity index (χ1) is 16.1. The van der Waals surface area contributed by atoms with Crippen LogP contribution in [0, 0.1) is 11.3 Å². The van der Waals surface area contributed by atoms with Gasteiger partial charge >= 0.3 is 5.97 Å². The number of rotatable bonds is 7. The molecule has 3 aromatic carbocycles. The molecule has 0 saturated carbocycles. The summed E-state index contributed by atoms with van der Waals surface area (Å²) >= 11 is 0. The first-order valence-corrected chi connectivity index (χ1v) is 10.6. The van der Waals surface area contributed by atoms with Gasteiger partial charge in [-0.3, -0.25) is 9.59 Å². The molecule has 0 aliphatic carbocycles. The van der Waals surface area contributed by atoms with E-state index >= 15 is 0 Å². The summed E-state index contributed by atoms with van der Waals surface area (Å²) in [6.07, 6.45) is 3.22. The average Bonchev–Trinajstić information content (AvgIpc) is 3.27. The molecule has 33 heavy (non-hydrogen) atoms. The highest BCUT2D eigenvalue weighted by Gasteiger charge is 2.34. The number of esters is 1. The minimum Gasteiger partial charge on any atom is -0.469 e. The molecule has 0 aromatic heterocycles. The highest BCUT2D eigenvalue weighted by atomic mass is 16.5. The number of carbonyl (C=O) groups is 2. The summed E-state index contributed by atoms with van der Waals surface area (Å²) in [6.45, 7) is 0. The topological polar surface area (TPSA) is 73.6 Å². The van der Waals surface area contributed by atoms with Crippen LogP contribution in [-0.4, -0.2) is 25.5 Å². The van der Waals surface area contributed by atoms with E-state index < -0.39 is 6.17 Å². The van der Waals surface area contributed by atoms with Crippen molar-refractivity contribution in [2.24, 2.45) is 0 Å². The van der Waals surface area contributed by atoms with E-state index in [0.29, 0.717) is 18.4 Å². The van der Waals surface area contributed by atoms with Gasteiger partial charge in [-0.05, 0) is 53.9 Å².